The number of methoxy groups -OCH3 is 1. The van der Waals surface area contributed by atoms with E-state index >= 15 is 0 Å². The monoisotopic (exact) mass is 424 g/mol. The summed E-state index contributed by atoms with van der Waals surface area (Å²) in [7, 11) is 1.50. The molecule has 0 radical (unpaired) electrons. The fraction of sp³-hybridized carbons (Fsp3) is 0.0909. The van der Waals surface area contributed by atoms with Crippen LogP contribution in [0.3, 0.4) is 0 Å². The number of hydrogen-bond donors (Lipinski definition) is 2. The Labute approximate surface area is 176 Å². The third-order valence-electron chi connectivity index (χ3n) is 4.54. The van der Waals surface area contributed by atoms with Gasteiger partial charge in [-0.05, 0) is 30.3 Å². The molecule has 3 N–H and O–H groups in total. The molecule has 0 saturated carbocycles. The lowest BCUT2D eigenvalue weighted by Gasteiger charge is -2.11. The van der Waals surface area contributed by atoms with E-state index in [1.165, 1.54) is 25.3 Å². The number of fused-ring (bicyclic) bond motifs is 3. The molecule has 0 fully saturated rings. The predicted octanol–water partition coefficient (Wildman–Crippen LogP) is 4.63. The standard InChI is InChI=1S/C22H17ClN2O5/c1-28-20-9-14-13-4-2-3-5-18(13)30-19(14)10-17(20)25-21(26)11-29-22(27)12-6-7-15(23)16(24)8-12/h2-10H,11,24H2,1H3,(H,25,26). The van der Waals surface area contributed by atoms with Crippen LogP contribution in [-0.4, -0.2) is 25.6 Å². The summed E-state index contributed by atoms with van der Waals surface area (Å²) >= 11 is 5.84. The van der Waals surface area contributed by atoms with Gasteiger partial charge >= 0.3 is 5.97 Å². The highest BCUT2D eigenvalue weighted by atomic mass is 35.5. The number of benzene rings is 3. The summed E-state index contributed by atoms with van der Waals surface area (Å²) in [5.74, 6) is -0.758. The zero-order valence-electron chi connectivity index (χ0n) is 15.9. The number of rotatable bonds is 5. The number of nitrogen functional groups attached to an aromatic ring is 1. The Kier molecular flexibility index (Phi) is 5.20. The number of halogens is 1. The summed E-state index contributed by atoms with van der Waals surface area (Å²) in [5, 5.41) is 4.82. The quantitative estimate of drug-likeness (QED) is 0.357. The van der Waals surface area contributed by atoms with Gasteiger partial charge in [-0.25, -0.2) is 4.79 Å². The Balaban J connectivity index is 1.50. The maximum Gasteiger partial charge on any atom is 0.338 e. The van der Waals surface area contributed by atoms with Crippen molar-refractivity contribution in [1.82, 2.24) is 0 Å². The van der Waals surface area contributed by atoms with Crippen molar-refractivity contribution in [2.24, 2.45) is 0 Å². The second-order valence-corrected chi connectivity index (χ2v) is 6.91. The number of nitrogens with one attached hydrogen (secondary N) is 1. The lowest BCUT2D eigenvalue weighted by molar-refractivity contribution is -0.119. The number of anilines is 2. The summed E-state index contributed by atoms with van der Waals surface area (Å²) in [6.45, 7) is -0.483. The zero-order valence-corrected chi connectivity index (χ0v) is 16.7. The molecule has 0 aliphatic heterocycles. The maximum absolute atomic E-state index is 12.3. The van der Waals surface area contributed by atoms with E-state index in [9.17, 15) is 9.59 Å². The second kappa shape index (κ2) is 7.96. The van der Waals surface area contributed by atoms with Crippen LogP contribution in [0.1, 0.15) is 10.4 Å². The Morgan fingerprint density at radius 3 is 2.63 bits per heavy atom. The summed E-state index contributed by atoms with van der Waals surface area (Å²) in [6, 6.07) is 15.4. The molecule has 0 aliphatic rings. The van der Waals surface area contributed by atoms with Crippen LogP contribution in [0.2, 0.25) is 5.02 Å². The maximum atomic E-state index is 12.3. The van der Waals surface area contributed by atoms with Crippen LogP contribution in [0.5, 0.6) is 5.75 Å². The summed E-state index contributed by atoms with van der Waals surface area (Å²) < 4.78 is 16.3. The topological polar surface area (TPSA) is 104 Å². The molecular weight excluding hydrogens is 408 g/mol. The van der Waals surface area contributed by atoms with Gasteiger partial charge in [0.15, 0.2) is 6.61 Å². The van der Waals surface area contributed by atoms with Crippen LogP contribution in [0, 0.1) is 0 Å². The first kappa shape index (κ1) is 19.6. The predicted molar refractivity (Wildman–Crippen MR) is 115 cm³/mol. The van der Waals surface area contributed by atoms with Gasteiger partial charge in [0.1, 0.15) is 16.9 Å². The van der Waals surface area contributed by atoms with E-state index in [-0.39, 0.29) is 11.3 Å². The number of ether oxygens (including phenoxy) is 2. The van der Waals surface area contributed by atoms with Crippen LogP contribution < -0.4 is 15.8 Å². The first-order valence-electron chi connectivity index (χ1n) is 8.97. The number of nitrogens with two attached hydrogens (primary N) is 1. The third kappa shape index (κ3) is 3.75. The van der Waals surface area contributed by atoms with Crippen LogP contribution >= 0.6 is 11.6 Å². The third-order valence-corrected chi connectivity index (χ3v) is 4.88. The molecule has 30 heavy (non-hydrogen) atoms. The zero-order chi connectivity index (χ0) is 21.3. The van der Waals surface area contributed by atoms with Gasteiger partial charge in [0.2, 0.25) is 0 Å². The fourth-order valence-electron chi connectivity index (χ4n) is 3.09. The number of amides is 1. The Morgan fingerprint density at radius 2 is 1.87 bits per heavy atom. The Bertz CT molecular complexity index is 1280. The summed E-state index contributed by atoms with van der Waals surface area (Å²) in [6.07, 6.45) is 0. The molecule has 0 saturated heterocycles. The van der Waals surface area contributed by atoms with Crippen molar-refractivity contribution in [2.75, 3.05) is 24.8 Å². The molecule has 3 aromatic carbocycles. The van der Waals surface area contributed by atoms with E-state index in [0.29, 0.717) is 22.0 Å². The summed E-state index contributed by atoms with van der Waals surface area (Å²) in [4.78, 5) is 24.4. The van der Waals surface area contributed by atoms with Crippen LogP contribution in [-0.2, 0) is 9.53 Å². The number of para-hydroxylation sites is 1. The molecule has 8 heteroatoms. The van der Waals surface area contributed by atoms with Crippen LogP contribution in [0.4, 0.5) is 11.4 Å². The van der Waals surface area contributed by atoms with E-state index in [0.717, 1.165) is 16.4 Å². The van der Waals surface area contributed by atoms with Gasteiger partial charge in [0.05, 0.1) is 29.1 Å². The van der Waals surface area contributed by atoms with Gasteiger partial charge in [0.25, 0.3) is 5.91 Å². The molecule has 0 spiro atoms. The molecule has 0 atom stereocenters. The molecule has 0 bridgehead atoms. The summed E-state index contributed by atoms with van der Waals surface area (Å²) in [5.41, 5.74) is 7.86. The minimum atomic E-state index is -0.687. The average Bonchev–Trinajstić information content (AvgIpc) is 3.10. The minimum absolute atomic E-state index is 0.200. The lowest BCUT2D eigenvalue weighted by atomic mass is 10.1. The van der Waals surface area contributed by atoms with Crippen molar-refractivity contribution in [1.29, 1.82) is 0 Å². The molecular formula is C22H17ClN2O5. The van der Waals surface area contributed by atoms with Gasteiger partial charge < -0.3 is 24.9 Å². The SMILES string of the molecule is COc1cc2c(cc1NC(=O)COC(=O)c1ccc(Cl)c(N)c1)oc1ccccc12. The van der Waals surface area contributed by atoms with E-state index in [1.807, 2.05) is 24.3 Å². The van der Waals surface area contributed by atoms with Gasteiger partial charge in [-0.3, -0.25) is 4.79 Å². The number of esters is 1. The average molecular weight is 425 g/mol. The van der Waals surface area contributed by atoms with Crippen molar-refractivity contribution in [2.45, 2.75) is 0 Å². The first-order valence-corrected chi connectivity index (χ1v) is 9.35. The van der Waals surface area contributed by atoms with Crippen molar-refractivity contribution in [3.05, 3.63) is 65.2 Å². The number of furan rings is 1. The van der Waals surface area contributed by atoms with Gasteiger partial charge in [-0.2, -0.15) is 0 Å². The van der Waals surface area contributed by atoms with Gasteiger partial charge in [0, 0.05) is 16.8 Å². The highest BCUT2D eigenvalue weighted by Gasteiger charge is 2.16. The van der Waals surface area contributed by atoms with Crippen LogP contribution in [0.25, 0.3) is 21.9 Å². The van der Waals surface area contributed by atoms with Crippen LogP contribution in [0.15, 0.2) is 59.0 Å². The Morgan fingerprint density at radius 1 is 1.07 bits per heavy atom. The first-order chi connectivity index (χ1) is 14.5. The lowest BCUT2D eigenvalue weighted by Crippen LogP contribution is -2.21. The Hall–Kier alpha value is -3.71. The van der Waals surface area contributed by atoms with E-state index in [1.54, 1.807) is 12.1 Å². The molecule has 4 aromatic rings. The second-order valence-electron chi connectivity index (χ2n) is 6.51. The van der Waals surface area contributed by atoms with E-state index in [4.69, 9.17) is 31.2 Å². The van der Waals surface area contributed by atoms with E-state index in [2.05, 4.69) is 5.32 Å². The molecule has 7 nitrogen and oxygen atoms in total. The smallest absolute Gasteiger partial charge is 0.338 e. The van der Waals surface area contributed by atoms with Gasteiger partial charge in [-0.1, -0.05) is 29.8 Å². The van der Waals surface area contributed by atoms with Crippen molar-refractivity contribution in [3.63, 3.8) is 0 Å². The molecule has 0 aliphatic carbocycles. The molecule has 4 rings (SSSR count). The van der Waals surface area contributed by atoms with Crippen molar-refractivity contribution >= 4 is 56.8 Å². The number of carbonyl (C=O) groups is 2. The van der Waals surface area contributed by atoms with Crippen molar-refractivity contribution in [3.8, 4) is 5.75 Å². The number of hydrogen-bond acceptors (Lipinski definition) is 6. The van der Waals surface area contributed by atoms with Gasteiger partial charge in [-0.15, -0.1) is 0 Å². The number of carbonyl (C=O) groups excluding carboxylic acids is 2. The van der Waals surface area contributed by atoms with E-state index < -0.39 is 18.5 Å². The minimum Gasteiger partial charge on any atom is -0.495 e. The molecule has 0 unspecified atom stereocenters. The largest absolute Gasteiger partial charge is 0.495 e. The molecule has 1 amide bonds. The normalized spacial score (nSPS) is 10.9. The molecule has 152 valence electrons. The fourth-order valence-corrected chi connectivity index (χ4v) is 3.21. The van der Waals surface area contributed by atoms with Crippen molar-refractivity contribution < 1.29 is 23.5 Å². The highest BCUT2D eigenvalue weighted by Crippen LogP contribution is 2.36. The molecule has 1 heterocycles. The molecule has 1 aromatic heterocycles. The highest BCUT2D eigenvalue weighted by molar-refractivity contribution is 6.33.